The number of ether oxygens (including phenoxy) is 1. The van der Waals surface area contributed by atoms with Gasteiger partial charge in [0.15, 0.2) is 0 Å². The molecule has 0 saturated carbocycles. The fraction of sp³-hybridized carbons (Fsp3) is 0.538. The van der Waals surface area contributed by atoms with Gasteiger partial charge in [-0.2, -0.15) is 0 Å². The van der Waals surface area contributed by atoms with Crippen LogP contribution >= 0.6 is 0 Å². The highest BCUT2D eigenvalue weighted by atomic mass is 16.5. The number of methoxy groups -OCH3 is 1. The number of nitrogens with zero attached hydrogens (tertiary/aromatic N) is 3. The maximum atomic E-state index is 12.0. The predicted molar refractivity (Wildman–Crippen MR) is 72.3 cm³/mol. The third-order valence-corrected chi connectivity index (χ3v) is 3.15. The SMILES string of the molecule is COC(=O)c1nccc(NCC(=O)N2CCCCC2)n1. The molecule has 1 fully saturated rings. The van der Waals surface area contributed by atoms with Crippen LogP contribution in [0.25, 0.3) is 0 Å². The van der Waals surface area contributed by atoms with E-state index in [4.69, 9.17) is 0 Å². The molecule has 108 valence electrons. The van der Waals surface area contributed by atoms with Crippen LogP contribution in [0.5, 0.6) is 0 Å². The van der Waals surface area contributed by atoms with Crippen LogP contribution < -0.4 is 5.32 Å². The number of hydrogen-bond donors (Lipinski definition) is 1. The van der Waals surface area contributed by atoms with Gasteiger partial charge in [-0.3, -0.25) is 4.79 Å². The van der Waals surface area contributed by atoms with Crippen LogP contribution in [0.4, 0.5) is 5.82 Å². The Morgan fingerprint density at radius 1 is 1.35 bits per heavy atom. The first-order chi connectivity index (χ1) is 9.70. The van der Waals surface area contributed by atoms with Gasteiger partial charge in [0.2, 0.25) is 11.7 Å². The van der Waals surface area contributed by atoms with E-state index in [1.54, 1.807) is 6.07 Å². The van der Waals surface area contributed by atoms with Gasteiger partial charge >= 0.3 is 5.97 Å². The smallest absolute Gasteiger partial charge is 0.376 e. The van der Waals surface area contributed by atoms with Gasteiger partial charge in [-0.05, 0) is 25.3 Å². The minimum Gasteiger partial charge on any atom is -0.463 e. The van der Waals surface area contributed by atoms with Gasteiger partial charge in [0, 0.05) is 19.3 Å². The zero-order chi connectivity index (χ0) is 14.4. The first kappa shape index (κ1) is 14.2. The van der Waals surface area contributed by atoms with E-state index in [1.165, 1.54) is 19.7 Å². The molecule has 0 unspecified atom stereocenters. The van der Waals surface area contributed by atoms with Crippen molar-refractivity contribution in [2.24, 2.45) is 0 Å². The first-order valence-corrected chi connectivity index (χ1v) is 6.63. The largest absolute Gasteiger partial charge is 0.463 e. The monoisotopic (exact) mass is 278 g/mol. The number of anilines is 1. The summed E-state index contributed by atoms with van der Waals surface area (Å²) in [7, 11) is 1.27. The van der Waals surface area contributed by atoms with Crippen LogP contribution in [0.3, 0.4) is 0 Å². The molecule has 1 N–H and O–H groups in total. The Kier molecular flexibility index (Phi) is 4.86. The van der Waals surface area contributed by atoms with Crippen LogP contribution in [0.15, 0.2) is 12.3 Å². The van der Waals surface area contributed by atoms with E-state index in [1.807, 2.05) is 4.90 Å². The Labute approximate surface area is 117 Å². The second kappa shape index (κ2) is 6.83. The van der Waals surface area contributed by atoms with E-state index in [2.05, 4.69) is 20.0 Å². The molecular formula is C13H18N4O3. The fourth-order valence-corrected chi connectivity index (χ4v) is 2.07. The molecule has 1 saturated heterocycles. The van der Waals surface area contributed by atoms with Crippen LogP contribution in [-0.4, -0.2) is 53.5 Å². The average Bonchev–Trinajstić information content (AvgIpc) is 2.53. The van der Waals surface area contributed by atoms with Gasteiger partial charge < -0.3 is 15.0 Å². The molecule has 1 aliphatic heterocycles. The zero-order valence-corrected chi connectivity index (χ0v) is 11.5. The summed E-state index contributed by atoms with van der Waals surface area (Å²) in [5.41, 5.74) is 0. The number of likely N-dealkylation sites (tertiary alicyclic amines) is 1. The van der Waals surface area contributed by atoms with Crippen molar-refractivity contribution in [1.29, 1.82) is 0 Å². The van der Waals surface area contributed by atoms with Crippen molar-refractivity contribution in [3.8, 4) is 0 Å². The summed E-state index contributed by atoms with van der Waals surface area (Å²) in [5, 5.41) is 2.91. The zero-order valence-electron chi connectivity index (χ0n) is 11.5. The number of piperidine rings is 1. The molecule has 20 heavy (non-hydrogen) atoms. The standard InChI is InChI=1S/C13H18N4O3/c1-20-13(19)12-14-6-5-10(16-12)15-9-11(18)17-7-3-2-4-8-17/h5-6H,2-4,7-9H2,1H3,(H,14,15,16). The lowest BCUT2D eigenvalue weighted by molar-refractivity contribution is -0.130. The van der Waals surface area contributed by atoms with E-state index in [0.29, 0.717) is 5.82 Å². The van der Waals surface area contributed by atoms with Gasteiger partial charge in [-0.25, -0.2) is 14.8 Å². The van der Waals surface area contributed by atoms with Crippen molar-refractivity contribution in [2.45, 2.75) is 19.3 Å². The number of aromatic nitrogens is 2. The number of amides is 1. The fourth-order valence-electron chi connectivity index (χ4n) is 2.07. The second-order valence-corrected chi connectivity index (χ2v) is 4.55. The molecule has 0 atom stereocenters. The maximum Gasteiger partial charge on any atom is 0.376 e. The lowest BCUT2D eigenvalue weighted by Gasteiger charge is -2.26. The average molecular weight is 278 g/mol. The highest BCUT2D eigenvalue weighted by Gasteiger charge is 2.16. The summed E-state index contributed by atoms with van der Waals surface area (Å²) in [6.45, 7) is 1.80. The van der Waals surface area contributed by atoms with E-state index in [0.717, 1.165) is 25.9 Å². The van der Waals surface area contributed by atoms with Crippen molar-refractivity contribution in [2.75, 3.05) is 32.1 Å². The van der Waals surface area contributed by atoms with Crippen LogP contribution in [-0.2, 0) is 9.53 Å². The first-order valence-electron chi connectivity index (χ1n) is 6.63. The van der Waals surface area contributed by atoms with Crippen LogP contribution in [0, 0.1) is 0 Å². The Bertz CT molecular complexity index is 486. The van der Waals surface area contributed by atoms with Gasteiger partial charge in [0.1, 0.15) is 5.82 Å². The number of rotatable bonds is 4. The van der Waals surface area contributed by atoms with E-state index in [-0.39, 0.29) is 18.3 Å². The summed E-state index contributed by atoms with van der Waals surface area (Å²) in [6, 6.07) is 1.61. The summed E-state index contributed by atoms with van der Waals surface area (Å²) in [4.78, 5) is 32.9. The minimum atomic E-state index is -0.601. The van der Waals surface area contributed by atoms with Crippen LogP contribution in [0.1, 0.15) is 29.9 Å². The molecule has 0 radical (unpaired) electrons. The van der Waals surface area contributed by atoms with Crippen LogP contribution in [0.2, 0.25) is 0 Å². The molecule has 1 amide bonds. The molecule has 2 heterocycles. The highest BCUT2D eigenvalue weighted by Crippen LogP contribution is 2.09. The quantitative estimate of drug-likeness (QED) is 0.816. The Balaban J connectivity index is 1.90. The maximum absolute atomic E-state index is 12.0. The normalized spacial score (nSPS) is 14.8. The highest BCUT2D eigenvalue weighted by molar-refractivity contribution is 5.85. The summed E-state index contributed by atoms with van der Waals surface area (Å²) < 4.78 is 4.55. The molecule has 2 rings (SSSR count). The molecular weight excluding hydrogens is 260 g/mol. The van der Waals surface area contributed by atoms with Gasteiger partial charge in [0.25, 0.3) is 0 Å². The molecule has 0 spiro atoms. The van der Waals surface area contributed by atoms with Crippen molar-refractivity contribution in [3.63, 3.8) is 0 Å². The molecule has 1 aliphatic rings. The third-order valence-electron chi connectivity index (χ3n) is 3.15. The van der Waals surface area contributed by atoms with E-state index in [9.17, 15) is 9.59 Å². The van der Waals surface area contributed by atoms with Crippen molar-refractivity contribution >= 4 is 17.7 Å². The van der Waals surface area contributed by atoms with Gasteiger partial charge in [-0.15, -0.1) is 0 Å². The second-order valence-electron chi connectivity index (χ2n) is 4.55. The summed E-state index contributed by atoms with van der Waals surface area (Å²) >= 11 is 0. The lowest BCUT2D eigenvalue weighted by Crippen LogP contribution is -2.39. The number of hydrogen-bond acceptors (Lipinski definition) is 6. The topological polar surface area (TPSA) is 84.4 Å². The number of nitrogens with one attached hydrogen (secondary N) is 1. The Morgan fingerprint density at radius 2 is 2.10 bits per heavy atom. The molecule has 0 bridgehead atoms. The lowest BCUT2D eigenvalue weighted by atomic mass is 10.1. The van der Waals surface area contributed by atoms with Crippen molar-refractivity contribution in [3.05, 3.63) is 18.1 Å². The van der Waals surface area contributed by atoms with Crippen molar-refractivity contribution in [1.82, 2.24) is 14.9 Å². The Morgan fingerprint density at radius 3 is 2.80 bits per heavy atom. The Hall–Kier alpha value is -2.18. The third kappa shape index (κ3) is 3.66. The number of carbonyl (C=O) groups excluding carboxylic acids is 2. The summed E-state index contributed by atoms with van der Waals surface area (Å²) in [6.07, 6.45) is 4.76. The minimum absolute atomic E-state index is 0.0251. The molecule has 0 aromatic carbocycles. The number of carbonyl (C=O) groups is 2. The molecule has 0 aliphatic carbocycles. The van der Waals surface area contributed by atoms with Gasteiger partial charge in [0.05, 0.1) is 13.7 Å². The van der Waals surface area contributed by atoms with Gasteiger partial charge in [-0.1, -0.05) is 0 Å². The predicted octanol–water partition coefficient (Wildman–Crippen LogP) is 0.688. The number of esters is 1. The molecule has 7 heteroatoms. The van der Waals surface area contributed by atoms with E-state index >= 15 is 0 Å². The van der Waals surface area contributed by atoms with E-state index < -0.39 is 5.97 Å². The molecule has 1 aromatic heterocycles. The molecule has 7 nitrogen and oxygen atoms in total. The molecule has 1 aromatic rings. The summed E-state index contributed by atoms with van der Waals surface area (Å²) in [5.74, 6) is -0.146. The van der Waals surface area contributed by atoms with Crippen molar-refractivity contribution < 1.29 is 14.3 Å².